The Kier molecular flexibility index (Phi) is 3.14. The van der Waals surface area contributed by atoms with Crippen LogP contribution in [0.4, 0.5) is 0 Å². The fourth-order valence-electron chi connectivity index (χ4n) is 1.98. The van der Waals surface area contributed by atoms with E-state index >= 15 is 0 Å². The maximum absolute atomic E-state index is 5.46. The van der Waals surface area contributed by atoms with Crippen molar-refractivity contribution in [1.82, 2.24) is 14.8 Å². The number of unbranched alkanes of at least 4 members (excludes halogenated alkanes) is 1. The van der Waals surface area contributed by atoms with Crippen LogP contribution in [0.3, 0.4) is 0 Å². The summed E-state index contributed by atoms with van der Waals surface area (Å²) in [5.74, 6) is 2.34. The van der Waals surface area contributed by atoms with E-state index in [9.17, 15) is 0 Å². The summed E-state index contributed by atoms with van der Waals surface area (Å²) in [4.78, 5) is 0. The summed E-state index contributed by atoms with van der Waals surface area (Å²) in [6.45, 7) is 1.89. The van der Waals surface area contributed by atoms with Gasteiger partial charge in [0.2, 0.25) is 0 Å². The Hall–Kier alpha value is -0.900. The van der Waals surface area contributed by atoms with Gasteiger partial charge in [0.05, 0.1) is 0 Å². The van der Waals surface area contributed by atoms with Crippen molar-refractivity contribution in [3.63, 3.8) is 0 Å². The molecule has 0 atom stereocenters. The zero-order valence-corrected chi connectivity index (χ0v) is 8.58. The zero-order valence-electron chi connectivity index (χ0n) is 8.58. The summed E-state index contributed by atoms with van der Waals surface area (Å²) >= 11 is 0. The summed E-state index contributed by atoms with van der Waals surface area (Å²) in [5, 5.41) is 8.46. The topological polar surface area (TPSA) is 56.7 Å². The minimum Gasteiger partial charge on any atom is -0.330 e. The third-order valence-electron chi connectivity index (χ3n) is 2.79. The highest BCUT2D eigenvalue weighted by Gasteiger charge is 2.14. The van der Waals surface area contributed by atoms with Gasteiger partial charge in [-0.25, -0.2) is 0 Å². The van der Waals surface area contributed by atoms with Crippen molar-refractivity contribution >= 4 is 0 Å². The lowest BCUT2D eigenvalue weighted by Crippen LogP contribution is -2.13. The molecule has 2 rings (SSSR count). The SMILES string of the molecule is NCCCCc1nnc2n1CCCC2. The van der Waals surface area contributed by atoms with E-state index in [2.05, 4.69) is 14.8 Å². The normalized spacial score (nSPS) is 15.5. The van der Waals surface area contributed by atoms with Crippen molar-refractivity contribution in [1.29, 1.82) is 0 Å². The van der Waals surface area contributed by atoms with E-state index in [4.69, 9.17) is 5.73 Å². The molecule has 78 valence electrons. The quantitative estimate of drug-likeness (QED) is 0.724. The zero-order chi connectivity index (χ0) is 9.80. The van der Waals surface area contributed by atoms with Crippen LogP contribution in [0.25, 0.3) is 0 Å². The van der Waals surface area contributed by atoms with E-state index in [1.165, 1.54) is 18.7 Å². The lowest BCUT2D eigenvalue weighted by molar-refractivity contribution is 0.503. The lowest BCUT2D eigenvalue weighted by Gasteiger charge is -2.14. The van der Waals surface area contributed by atoms with E-state index in [1.54, 1.807) is 0 Å². The van der Waals surface area contributed by atoms with Crippen LogP contribution < -0.4 is 5.73 Å². The molecular formula is C10H18N4. The van der Waals surface area contributed by atoms with Gasteiger partial charge in [-0.3, -0.25) is 0 Å². The average Bonchev–Trinajstić information content (AvgIpc) is 2.63. The number of hydrogen-bond donors (Lipinski definition) is 1. The first-order chi connectivity index (χ1) is 6.92. The number of nitrogens with zero attached hydrogens (tertiary/aromatic N) is 3. The second kappa shape index (κ2) is 4.55. The van der Waals surface area contributed by atoms with Gasteiger partial charge in [-0.2, -0.15) is 0 Å². The van der Waals surface area contributed by atoms with Crippen LogP contribution in [0.5, 0.6) is 0 Å². The van der Waals surface area contributed by atoms with Gasteiger partial charge in [-0.05, 0) is 32.2 Å². The molecule has 0 radical (unpaired) electrons. The Morgan fingerprint density at radius 2 is 2.14 bits per heavy atom. The van der Waals surface area contributed by atoms with E-state index in [1.807, 2.05) is 0 Å². The highest BCUT2D eigenvalue weighted by molar-refractivity contribution is 4.98. The maximum atomic E-state index is 5.46. The van der Waals surface area contributed by atoms with Crippen LogP contribution in [-0.4, -0.2) is 21.3 Å². The van der Waals surface area contributed by atoms with Crippen molar-refractivity contribution in [2.75, 3.05) is 6.54 Å². The first-order valence-electron chi connectivity index (χ1n) is 5.53. The molecule has 4 nitrogen and oxygen atoms in total. The van der Waals surface area contributed by atoms with Gasteiger partial charge in [0, 0.05) is 19.4 Å². The molecule has 0 saturated heterocycles. The standard InChI is InChI=1S/C10H18N4/c11-7-3-1-5-9-12-13-10-6-2-4-8-14(9)10/h1-8,11H2. The maximum Gasteiger partial charge on any atom is 0.132 e. The molecule has 1 aliphatic heterocycles. The van der Waals surface area contributed by atoms with Gasteiger partial charge in [-0.1, -0.05) is 0 Å². The molecule has 0 aromatic carbocycles. The molecular weight excluding hydrogens is 176 g/mol. The summed E-state index contributed by atoms with van der Waals surface area (Å²) in [6, 6.07) is 0. The van der Waals surface area contributed by atoms with E-state index in [0.717, 1.165) is 44.6 Å². The van der Waals surface area contributed by atoms with Crippen LogP contribution in [-0.2, 0) is 19.4 Å². The molecule has 1 aliphatic rings. The fraction of sp³-hybridized carbons (Fsp3) is 0.800. The van der Waals surface area contributed by atoms with Crippen LogP contribution in [0, 0.1) is 0 Å². The molecule has 0 spiro atoms. The molecule has 0 bridgehead atoms. The lowest BCUT2D eigenvalue weighted by atomic mass is 10.1. The summed E-state index contributed by atoms with van der Waals surface area (Å²) in [7, 11) is 0. The van der Waals surface area contributed by atoms with Crippen LogP contribution in [0.2, 0.25) is 0 Å². The highest BCUT2D eigenvalue weighted by atomic mass is 15.3. The van der Waals surface area contributed by atoms with Crippen molar-refractivity contribution in [3.05, 3.63) is 11.6 Å². The molecule has 1 aromatic heterocycles. The van der Waals surface area contributed by atoms with Gasteiger partial charge in [-0.15, -0.1) is 10.2 Å². The van der Waals surface area contributed by atoms with Crippen molar-refractivity contribution in [2.45, 2.75) is 45.1 Å². The molecule has 0 fully saturated rings. The first-order valence-corrected chi connectivity index (χ1v) is 5.53. The molecule has 14 heavy (non-hydrogen) atoms. The van der Waals surface area contributed by atoms with E-state index in [-0.39, 0.29) is 0 Å². The molecule has 2 heterocycles. The Morgan fingerprint density at radius 3 is 3.00 bits per heavy atom. The number of rotatable bonds is 4. The smallest absolute Gasteiger partial charge is 0.132 e. The van der Waals surface area contributed by atoms with Gasteiger partial charge in [0.15, 0.2) is 0 Å². The highest BCUT2D eigenvalue weighted by Crippen LogP contribution is 2.15. The molecule has 0 unspecified atom stereocenters. The molecule has 1 aromatic rings. The predicted molar refractivity (Wildman–Crippen MR) is 55.0 cm³/mol. The minimum atomic E-state index is 0.779. The van der Waals surface area contributed by atoms with Crippen LogP contribution >= 0.6 is 0 Å². The molecule has 4 heteroatoms. The number of hydrogen-bond acceptors (Lipinski definition) is 3. The molecule has 2 N–H and O–H groups in total. The second-order valence-electron chi connectivity index (χ2n) is 3.89. The minimum absolute atomic E-state index is 0.779. The first kappa shape index (κ1) is 9.65. The number of aromatic nitrogens is 3. The third kappa shape index (κ3) is 1.95. The summed E-state index contributed by atoms with van der Waals surface area (Å²) in [6.07, 6.45) is 6.89. The largest absolute Gasteiger partial charge is 0.330 e. The van der Waals surface area contributed by atoms with Gasteiger partial charge in [0.25, 0.3) is 0 Å². The predicted octanol–water partition coefficient (Wildman–Crippen LogP) is 0.896. The Morgan fingerprint density at radius 1 is 1.21 bits per heavy atom. The molecule has 0 saturated carbocycles. The summed E-state index contributed by atoms with van der Waals surface area (Å²) in [5.41, 5.74) is 5.46. The Labute approximate surface area is 84.5 Å². The van der Waals surface area contributed by atoms with Crippen LogP contribution in [0.15, 0.2) is 0 Å². The van der Waals surface area contributed by atoms with Crippen molar-refractivity contribution < 1.29 is 0 Å². The van der Waals surface area contributed by atoms with Gasteiger partial charge in [0.1, 0.15) is 11.6 Å². The monoisotopic (exact) mass is 194 g/mol. The Balaban J connectivity index is 1.99. The number of fused-ring (bicyclic) bond motifs is 1. The van der Waals surface area contributed by atoms with Gasteiger partial charge < -0.3 is 10.3 Å². The number of nitrogens with two attached hydrogens (primary N) is 1. The molecule has 0 aliphatic carbocycles. The van der Waals surface area contributed by atoms with E-state index < -0.39 is 0 Å². The third-order valence-corrected chi connectivity index (χ3v) is 2.79. The number of aryl methyl sites for hydroxylation is 2. The summed E-state index contributed by atoms with van der Waals surface area (Å²) < 4.78 is 2.29. The second-order valence-corrected chi connectivity index (χ2v) is 3.89. The molecule has 0 amide bonds. The van der Waals surface area contributed by atoms with Crippen molar-refractivity contribution in [2.24, 2.45) is 5.73 Å². The average molecular weight is 194 g/mol. The van der Waals surface area contributed by atoms with Crippen LogP contribution in [0.1, 0.15) is 37.3 Å². The van der Waals surface area contributed by atoms with Crippen molar-refractivity contribution in [3.8, 4) is 0 Å². The van der Waals surface area contributed by atoms with E-state index in [0.29, 0.717) is 0 Å². The van der Waals surface area contributed by atoms with Gasteiger partial charge >= 0.3 is 0 Å². The Bertz CT molecular complexity index is 292. The fourth-order valence-corrected chi connectivity index (χ4v) is 1.98.